The van der Waals surface area contributed by atoms with E-state index in [1.807, 2.05) is 36.3 Å². The molecule has 4 rings (SSSR count). The molecule has 0 aliphatic carbocycles. The van der Waals surface area contributed by atoms with E-state index in [1.54, 1.807) is 14.2 Å². The van der Waals surface area contributed by atoms with Crippen LogP contribution in [-0.2, 0) is 19.0 Å². The second-order valence-electron chi connectivity index (χ2n) is 8.38. The Kier molecular flexibility index (Phi) is 4.99. The molecule has 152 valence electrons. The fraction of sp³-hybridized carbons (Fsp3) is 0.375. The molecule has 0 saturated carbocycles. The molecule has 0 saturated heterocycles. The predicted octanol–water partition coefficient (Wildman–Crippen LogP) is 4.79. The van der Waals surface area contributed by atoms with E-state index in [2.05, 4.69) is 48.1 Å². The monoisotopic (exact) mass is 391 g/mol. The summed E-state index contributed by atoms with van der Waals surface area (Å²) in [6.07, 6.45) is 5.04. The third-order valence-electron chi connectivity index (χ3n) is 5.94. The molecule has 5 heteroatoms. The number of aromatic nitrogens is 2. The quantitative estimate of drug-likeness (QED) is 0.627. The molecule has 2 aromatic carbocycles. The van der Waals surface area contributed by atoms with Gasteiger partial charge in [-0.1, -0.05) is 26.0 Å². The second-order valence-corrected chi connectivity index (χ2v) is 8.38. The van der Waals surface area contributed by atoms with E-state index in [-0.39, 0.29) is 5.41 Å². The second kappa shape index (κ2) is 7.47. The van der Waals surface area contributed by atoms with Gasteiger partial charge in [-0.2, -0.15) is 5.10 Å². The Bertz CT molecular complexity index is 1010. The van der Waals surface area contributed by atoms with Gasteiger partial charge >= 0.3 is 0 Å². The molecule has 0 unspecified atom stereocenters. The van der Waals surface area contributed by atoms with Gasteiger partial charge in [-0.25, -0.2) is 0 Å². The van der Waals surface area contributed by atoms with Crippen LogP contribution in [0, 0.1) is 0 Å². The van der Waals surface area contributed by atoms with E-state index in [0.717, 1.165) is 42.1 Å². The lowest BCUT2D eigenvalue weighted by molar-refractivity contribution is 0.412. The Morgan fingerprint density at radius 3 is 2.45 bits per heavy atom. The topological polar surface area (TPSA) is 39.5 Å². The van der Waals surface area contributed by atoms with Crippen LogP contribution >= 0.6 is 0 Å². The summed E-state index contributed by atoms with van der Waals surface area (Å²) in [5, 5.41) is 4.34. The summed E-state index contributed by atoms with van der Waals surface area (Å²) in [7, 11) is 5.38. The van der Waals surface area contributed by atoms with Crippen molar-refractivity contribution in [3.05, 3.63) is 59.9 Å². The lowest BCUT2D eigenvalue weighted by Gasteiger charge is -2.41. The zero-order valence-electron chi connectivity index (χ0n) is 17.9. The van der Waals surface area contributed by atoms with Gasteiger partial charge in [-0.15, -0.1) is 0 Å². The van der Waals surface area contributed by atoms with E-state index in [1.165, 1.54) is 16.8 Å². The number of methoxy groups -OCH3 is 2. The zero-order valence-corrected chi connectivity index (χ0v) is 17.9. The maximum absolute atomic E-state index is 5.79. The van der Waals surface area contributed by atoms with E-state index in [9.17, 15) is 0 Å². The molecule has 29 heavy (non-hydrogen) atoms. The molecule has 0 spiro atoms. The van der Waals surface area contributed by atoms with Gasteiger partial charge in [0, 0.05) is 49.2 Å². The lowest BCUT2D eigenvalue weighted by Crippen LogP contribution is -2.37. The average Bonchev–Trinajstić information content (AvgIpc) is 3.16. The van der Waals surface area contributed by atoms with Gasteiger partial charge in [-0.05, 0) is 41.2 Å². The van der Waals surface area contributed by atoms with Crippen LogP contribution in [0.5, 0.6) is 11.5 Å². The van der Waals surface area contributed by atoms with Crippen molar-refractivity contribution in [2.24, 2.45) is 7.05 Å². The van der Waals surface area contributed by atoms with Crippen LogP contribution < -0.4 is 14.4 Å². The fourth-order valence-electron chi connectivity index (χ4n) is 4.11. The summed E-state index contributed by atoms with van der Waals surface area (Å²) < 4.78 is 12.9. The maximum atomic E-state index is 5.79. The van der Waals surface area contributed by atoms with Crippen LogP contribution in [0.25, 0.3) is 11.1 Å². The van der Waals surface area contributed by atoms with Gasteiger partial charge in [0.2, 0.25) is 0 Å². The first-order chi connectivity index (χ1) is 13.9. The van der Waals surface area contributed by atoms with Gasteiger partial charge in [0.25, 0.3) is 0 Å². The first-order valence-electron chi connectivity index (χ1n) is 10.0. The number of hydrogen-bond donors (Lipinski definition) is 0. The Hall–Kier alpha value is -2.95. The van der Waals surface area contributed by atoms with Gasteiger partial charge in [0.05, 0.1) is 20.4 Å². The van der Waals surface area contributed by atoms with E-state index in [0.29, 0.717) is 0 Å². The number of anilines is 1. The highest BCUT2D eigenvalue weighted by Gasteiger charge is 2.33. The normalized spacial score (nSPS) is 15.1. The average molecular weight is 392 g/mol. The molecule has 3 aromatic rings. The van der Waals surface area contributed by atoms with Crippen molar-refractivity contribution >= 4 is 5.69 Å². The third-order valence-corrected chi connectivity index (χ3v) is 5.94. The van der Waals surface area contributed by atoms with Gasteiger partial charge in [0.15, 0.2) is 0 Å². The Morgan fingerprint density at radius 1 is 1.07 bits per heavy atom. The number of nitrogens with zero attached hydrogens (tertiary/aromatic N) is 3. The number of aryl methyl sites for hydroxylation is 1. The molecular formula is C24H29N3O2. The van der Waals surface area contributed by atoms with Crippen LogP contribution in [-0.4, -0.2) is 30.5 Å². The third kappa shape index (κ3) is 3.69. The summed E-state index contributed by atoms with van der Waals surface area (Å²) in [5.74, 6) is 1.77. The van der Waals surface area contributed by atoms with Crippen molar-refractivity contribution in [2.75, 3.05) is 25.7 Å². The van der Waals surface area contributed by atoms with Crippen LogP contribution in [0.3, 0.4) is 0 Å². The predicted molar refractivity (Wildman–Crippen MR) is 117 cm³/mol. The largest absolute Gasteiger partial charge is 0.497 e. The van der Waals surface area contributed by atoms with Gasteiger partial charge < -0.3 is 14.4 Å². The molecule has 0 fully saturated rings. The van der Waals surface area contributed by atoms with Crippen LogP contribution in [0.4, 0.5) is 5.69 Å². The standard InChI is InChI=1S/C24H29N3O2/c1-24(2)10-11-27(15-17-6-8-19(28-4)9-7-17)22-13-23(29-5)20(12-21(22)24)18-14-25-26(3)16-18/h6-9,12-14,16H,10-11,15H2,1-5H3. The Balaban J connectivity index is 1.75. The summed E-state index contributed by atoms with van der Waals surface area (Å²) in [6, 6.07) is 12.8. The minimum Gasteiger partial charge on any atom is -0.497 e. The number of rotatable bonds is 5. The molecule has 1 aromatic heterocycles. The number of fused-ring (bicyclic) bond motifs is 1. The van der Waals surface area contributed by atoms with Crippen LogP contribution in [0.15, 0.2) is 48.8 Å². The molecule has 0 atom stereocenters. The summed E-state index contributed by atoms with van der Waals surface area (Å²) in [6.45, 7) is 6.54. The van der Waals surface area contributed by atoms with Crippen molar-refractivity contribution < 1.29 is 9.47 Å². The smallest absolute Gasteiger partial charge is 0.128 e. The highest BCUT2D eigenvalue weighted by atomic mass is 16.5. The van der Waals surface area contributed by atoms with Gasteiger partial charge in [0.1, 0.15) is 11.5 Å². The summed E-state index contributed by atoms with van der Waals surface area (Å²) in [4.78, 5) is 2.46. The van der Waals surface area contributed by atoms with Crippen molar-refractivity contribution in [2.45, 2.75) is 32.2 Å². The SMILES string of the molecule is COc1ccc(CN2CCC(C)(C)c3cc(-c4cnn(C)c4)c(OC)cc32)cc1. The minimum atomic E-state index is 0.106. The molecule has 2 heterocycles. The van der Waals surface area contributed by atoms with E-state index in [4.69, 9.17) is 9.47 Å². The van der Waals surface area contributed by atoms with Crippen molar-refractivity contribution in [1.82, 2.24) is 9.78 Å². The molecule has 0 N–H and O–H groups in total. The Morgan fingerprint density at radius 2 is 1.83 bits per heavy atom. The van der Waals surface area contributed by atoms with Crippen molar-refractivity contribution in [3.63, 3.8) is 0 Å². The zero-order chi connectivity index (χ0) is 20.6. The molecule has 0 bridgehead atoms. The number of hydrogen-bond acceptors (Lipinski definition) is 4. The summed E-state index contributed by atoms with van der Waals surface area (Å²) >= 11 is 0. The molecule has 0 radical (unpaired) electrons. The first-order valence-corrected chi connectivity index (χ1v) is 10.0. The molecule has 1 aliphatic heterocycles. The van der Waals surface area contributed by atoms with Crippen molar-refractivity contribution in [3.8, 4) is 22.6 Å². The lowest BCUT2D eigenvalue weighted by atomic mass is 9.76. The first kappa shape index (κ1) is 19.4. The summed E-state index contributed by atoms with van der Waals surface area (Å²) in [5.41, 5.74) is 6.16. The molecular weight excluding hydrogens is 362 g/mol. The van der Waals surface area contributed by atoms with E-state index < -0.39 is 0 Å². The highest BCUT2D eigenvalue weighted by Crippen LogP contribution is 2.45. The Labute approximate surface area is 172 Å². The van der Waals surface area contributed by atoms with E-state index >= 15 is 0 Å². The van der Waals surface area contributed by atoms with Gasteiger partial charge in [-0.3, -0.25) is 4.68 Å². The number of benzene rings is 2. The van der Waals surface area contributed by atoms with Crippen molar-refractivity contribution in [1.29, 1.82) is 0 Å². The molecule has 0 amide bonds. The fourth-order valence-corrected chi connectivity index (χ4v) is 4.11. The number of ether oxygens (including phenoxy) is 2. The molecule has 5 nitrogen and oxygen atoms in total. The van der Waals surface area contributed by atoms with Crippen LogP contribution in [0.1, 0.15) is 31.4 Å². The minimum absolute atomic E-state index is 0.106. The van der Waals surface area contributed by atoms with Crippen LogP contribution in [0.2, 0.25) is 0 Å². The maximum Gasteiger partial charge on any atom is 0.128 e. The highest BCUT2D eigenvalue weighted by molar-refractivity contribution is 5.77. The molecule has 1 aliphatic rings.